The molecule has 17 heavy (non-hydrogen) atoms. The molecule has 5 nitrogen and oxygen atoms in total. The van der Waals surface area contributed by atoms with Crippen LogP contribution in [0.25, 0.3) is 0 Å². The molecule has 1 saturated heterocycles. The minimum absolute atomic E-state index is 0.276. The van der Waals surface area contributed by atoms with E-state index in [-0.39, 0.29) is 5.56 Å². The fourth-order valence-corrected chi connectivity index (χ4v) is 3.76. The molecule has 1 aromatic rings. The minimum Gasteiger partial charge on any atom is -0.478 e. The lowest BCUT2D eigenvalue weighted by molar-refractivity contribution is -0.163. The van der Waals surface area contributed by atoms with Gasteiger partial charge in [-0.3, -0.25) is 0 Å². The van der Waals surface area contributed by atoms with E-state index in [1.165, 1.54) is 11.3 Å². The fraction of sp³-hybridized carbons (Fsp3) is 0.545. The molecule has 1 spiro atoms. The molecule has 0 amide bonds. The molecule has 1 aliphatic heterocycles. The number of carboxylic acids is 1. The van der Waals surface area contributed by atoms with Gasteiger partial charge in [-0.2, -0.15) is 0 Å². The third-order valence-corrected chi connectivity index (χ3v) is 4.39. The smallest absolute Gasteiger partial charge is 0.338 e. The van der Waals surface area contributed by atoms with Crippen LogP contribution in [0.15, 0.2) is 0 Å². The Morgan fingerprint density at radius 2 is 2.12 bits per heavy atom. The van der Waals surface area contributed by atoms with E-state index in [2.05, 4.69) is 0 Å². The van der Waals surface area contributed by atoms with Crippen molar-refractivity contribution in [2.45, 2.75) is 25.0 Å². The van der Waals surface area contributed by atoms with Gasteiger partial charge in [-0.05, 0) is 12.0 Å². The van der Waals surface area contributed by atoms with Gasteiger partial charge in [-0.1, -0.05) is 0 Å². The van der Waals surface area contributed by atoms with E-state index in [0.717, 1.165) is 10.4 Å². The summed E-state index contributed by atoms with van der Waals surface area (Å²) in [7, 11) is 0. The van der Waals surface area contributed by atoms with Crippen LogP contribution in [-0.2, 0) is 22.3 Å². The van der Waals surface area contributed by atoms with Crippen LogP contribution in [0.4, 0.5) is 5.00 Å². The number of fused-ring (bicyclic) bond motifs is 1. The molecule has 0 radical (unpaired) electrons. The summed E-state index contributed by atoms with van der Waals surface area (Å²) in [6.07, 6.45) is 1.98. The van der Waals surface area contributed by atoms with Crippen LogP contribution in [0.2, 0.25) is 0 Å². The molecule has 92 valence electrons. The number of nitrogens with two attached hydrogens (primary N) is 1. The normalized spacial score (nSPS) is 21.6. The lowest BCUT2D eigenvalue weighted by Gasteiger charge is -2.31. The summed E-state index contributed by atoms with van der Waals surface area (Å²) in [4.78, 5) is 12.1. The third-order valence-electron chi connectivity index (χ3n) is 3.33. The Morgan fingerprint density at radius 3 is 2.76 bits per heavy atom. The average Bonchev–Trinajstić information content (AvgIpc) is 2.82. The first-order valence-corrected chi connectivity index (χ1v) is 6.34. The number of ether oxygens (including phenoxy) is 2. The van der Waals surface area contributed by atoms with Crippen LogP contribution < -0.4 is 5.73 Å². The van der Waals surface area contributed by atoms with Crippen molar-refractivity contribution in [2.24, 2.45) is 0 Å². The SMILES string of the molecule is Nc1sc2c(c1C(=O)O)CCC1(C2)OCCO1. The predicted molar refractivity (Wildman–Crippen MR) is 62.4 cm³/mol. The number of aromatic carboxylic acids is 1. The highest BCUT2D eigenvalue weighted by Crippen LogP contribution is 2.42. The summed E-state index contributed by atoms with van der Waals surface area (Å²) in [6.45, 7) is 1.23. The van der Waals surface area contributed by atoms with Crippen LogP contribution in [0.1, 0.15) is 27.2 Å². The number of hydrogen-bond acceptors (Lipinski definition) is 5. The first-order valence-electron chi connectivity index (χ1n) is 5.52. The summed E-state index contributed by atoms with van der Waals surface area (Å²) in [6, 6.07) is 0. The van der Waals surface area contributed by atoms with Crippen molar-refractivity contribution in [2.75, 3.05) is 18.9 Å². The van der Waals surface area contributed by atoms with Crippen LogP contribution in [0, 0.1) is 0 Å². The average molecular weight is 255 g/mol. The summed E-state index contributed by atoms with van der Waals surface area (Å²) in [5.41, 5.74) is 6.91. The second-order valence-electron chi connectivity index (χ2n) is 4.33. The summed E-state index contributed by atoms with van der Waals surface area (Å²) in [5.74, 6) is -1.47. The summed E-state index contributed by atoms with van der Waals surface area (Å²) >= 11 is 1.34. The van der Waals surface area contributed by atoms with Crippen molar-refractivity contribution < 1.29 is 19.4 Å². The van der Waals surface area contributed by atoms with E-state index in [9.17, 15) is 4.79 Å². The highest BCUT2D eigenvalue weighted by molar-refractivity contribution is 7.16. The van der Waals surface area contributed by atoms with Gasteiger partial charge in [0.25, 0.3) is 0 Å². The molecule has 1 fully saturated rings. The minimum atomic E-state index is -0.941. The maximum absolute atomic E-state index is 11.1. The quantitative estimate of drug-likeness (QED) is 0.789. The molecule has 0 saturated carbocycles. The first kappa shape index (κ1) is 11.0. The summed E-state index contributed by atoms with van der Waals surface area (Å²) < 4.78 is 11.3. The Morgan fingerprint density at radius 1 is 1.41 bits per heavy atom. The molecular weight excluding hydrogens is 242 g/mol. The van der Waals surface area contributed by atoms with Crippen LogP contribution in [0.5, 0.6) is 0 Å². The van der Waals surface area contributed by atoms with Crippen molar-refractivity contribution in [1.82, 2.24) is 0 Å². The number of carbonyl (C=O) groups is 1. The fourth-order valence-electron chi connectivity index (χ4n) is 2.57. The topological polar surface area (TPSA) is 81.8 Å². The molecule has 0 aromatic carbocycles. The van der Waals surface area contributed by atoms with Gasteiger partial charge < -0.3 is 20.3 Å². The van der Waals surface area contributed by atoms with Crippen molar-refractivity contribution in [3.05, 3.63) is 16.0 Å². The van der Waals surface area contributed by atoms with Gasteiger partial charge >= 0.3 is 5.97 Å². The van der Waals surface area contributed by atoms with Gasteiger partial charge in [0, 0.05) is 17.7 Å². The second-order valence-corrected chi connectivity index (χ2v) is 5.47. The van der Waals surface area contributed by atoms with Crippen molar-refractivity contribution in [3.63, 3.8) is 0 Å². The molecule has 1 aliphatic carbocycles. The monoisotopic (exact) mass is 255 g/mol. The Balaban J connectivity index is 1.99. The predicted octanol–water partition coefficient (Wildman–Crippen LogP) is 1.26. The molecule has 3 N–H and O–H groups in total. The second kappa shape index (κ2) is 3.69. The lowest BCUT2D eigenvalue weighted by atomic mass is 9.91. The van der Waals surface area contributed by atoms with E-state index in [0.29, 0.717) is 37.5 Å². The van der Waals surface area contributed by atoms with Crippen LogP contribution in [-0.4, -0.2) is 30.1 Å². The molecule has 0 unspecified atom stereocenters. The molecule has 2 aliphatic rings. The molecule has 0 atom stereocenters. The number of thiophene rings is 1. The highest BCUT2D eigenvalue weighted by atomic mass is 32.1. The lowest BCUT2D eigenvalue weighted by Crippen LogP contribution is -2.36. The Labute approximate surface area is 102 Å². The Kier molecular flexibility index (Phi) is 2.39. The van der Waals surface area contributed by atoms with Gasteiger partial charge in [-0.25, -0.2) is 4.79 Å². The number of carboxylic acid groups (broad SMARTS) is 1. The molecule has 6 heteroatoms. The van der Waals surface area contributed by atoms with E-state index in [1.807, 2.05) is 0 Å². The zero-order chi connectivity index (χ0) is 12.0. The number of anilines is 1. The molecule has 3 rings (SSSR count). The maximum Gasteiger partial charge on any atom is 0.338 e. The maximum atomic E-state index is 11.1. The largest absolute Gasteiger partial charge is 0.478 e. The van der Waals surface area contributed by atoms with Gasteiger partial charge in [-0.15, -0.1) is 11.3 Å². The van der Waals surface area contributed by atoms with Crippen LogP contribution >= 0.6 is 11.3 Å². The van der Waals surface area contributed by atoms with Gasteiger partial charge in [0.1, 0.15) is 5.00 Å². The highest BCUT2D eigenvalue weighted by Gasteiger charge is 2.42. The number of hydrogen-bond donors (Lipinski definition) is 2. The standard InChI is InChI=1S/C11H13NO4S/c12-9-8(10(13)14)6-1-2-11(5-7(6)17-9)15-3-4-16-11/h1-5,12H2,(H,13,14). The van der Waals surface area contributed by atoms with Crippen molar-refractivity contribution >= 4 is 22.3 Å². The van der Waals surface area contributed by atoms with Crippen LogP contribution in [0.3, 0.4) is 0 Å². The Hall–Kier alpha value is -1.11. The van der Waals surface area contributed by atoms with Gasteiger partial charge in [0.2, 0.25) is 0 Å². The summed E-state index contributed by atoms with van der Waals surface area (Å²) in [5, 5.41) is 9.52. The Bertz CT molecular complexity index is 476. The molecular formula is C11H13NO4S. The van der Waals surface area contributed by atoms with E-state index >= 15 is 0 Å². The van der Waals surface area contributed by atoms with Gasteiger partial charge in [0.05, 0.1) is 18.8 Å². The van der Waals surface area contributed by atoms with Crippen molar-refractivity contribution in [3.8, 4) is 0 Å². The number of nitrogen functional groups attached to an aromatic ring is 1. The third kappa shape index (κ3) is 1.64. The molecule has 0 bridgehead atoms. The zero-order valence-electron chi connectivity index (χ0n) is 9.19. The van der Waals surface area contributed by atoms with E-state index in [4.69, 9.17) is 20.3 Å². The van der Waals surface area contributed by atoms with Crippen molar-refractivity contribution in [1.29, 1.82) is 0 Å². The van der Waals surface area contributed by atoms with E-state index in [1.54, 1.807) is 0 Å². The van der Waals surface area contributed by atoms with Gasteiger partial charge in [0.15, 0.2) is 5.79 Å². The molecule has 2 heterocycles. The van der Waals surface area contributed by atoms with E-state index < -0.39 is 11.8 Å². The molecule has 1 aromatic heterocycles. The first-order chi connectivity index (χ1) is 8.11. The zero-order valence-corrected chi connectivity index (χ0v) is 10.0. The number of rotatable bonds is 1.